The van der Waals surface area contributed by atoms with Crippen LogP contribution in [0, 0.1) is 11.8 Å². The van der Waals surface area contributed by atoms with E-state index in [2.05, 4.69) is 87.7 Å². The number of methoxy groups -OCH3 is 1. The monoisotopic (exact) mass is 480 g/mol. The highest BCUT2D eigenvalue weighted by atomic mass is 28.4. The summed E-state index contributed by atoms with van der Waals surface area (Å²) < 4.78 is 17.8. The Balaban J connectivity index is 2.24. The van der Waals surface area contributed by atoms with Crippen LogP contribution in [0.3, 0.4) is 0 Å². The van der Waals surface area contributed by atoms with Crippen LogP contribution in [0.2, 0.25) is 5.04 Å². The Hall–Kier alpha value is -2.20. The lowest BCUT2D eigenvalue weighted by atomic mass is 10.1. The van der Waals surface area contributed by atoms with Crippen molar-refractivity contribution in [3.05, 3.63) is 73.3 Å². The molecular weight excluding hydrogens is 440 g/mol. The van der Waals surface area contributed by atoms with Gasteiger partial charge in [-0.1, -0.05) is 99.4 Å². The van der Waals surface area contributed by atoms with Crippen molar-refractivity contribution in [2.45, 2.75) is 70.5 Å². The van der Waals surface area contributed by atoms with Gasteiger partial charge >= 0.3 is 0 Å². The van der Waals surface area contributed by atoms with E-state index in [1.54, 1.807) is 13.2 Å². The molecule has 0 spiro atoms. The normalized spacial score (nSPS) is 14.1. The molecular formula is C29H40O4Si. The molecule has 5 heteroatoms. The van der Waals surface area contributed by atoms with E-state index in [4.69, 9.17) is 13.9 Å². The molecule has 0 heterocycles. The lowest BCUT2D eigenvalue weighted by Gasteiger charge is -2.45. The average Bonchev–Trinajstić information content (AvgIpc) is 2.81. The predicted octanol–water partition coefficient (Wildman–Crippen LogP) is 4.66. The Bertz CT molecular complexity index is 899. The molecule has 2 rings (SSSR count). The molecule has 34 heavy (non-hydrogen) atoms. The van der Waals surface area contributed by atoms with Gasteiger partial charge in [0.1, 0.15) is 6.61 Å². The minimum absolute atomic E-state index is 0.146. The molecule has 0 radical (unpaired) electrons. The van der Waals surface area contributed by atoms with Gasteiger partial charge in [0.15, 0.2) is 5.79 Å². The number of aliphatic hydroxyl groups excluding tert-OH is 1. The Morgan fingerprint density at radius 3 is 1.91 bits per heavy atom. The molecule has 1 N–H and O–H groups in total. The molecule has 0 unspecified atom stereocenters. The second-order valence-corrected chi connectivity index (χ2v) is 14.1. The van der Waals surface area contributed by atoms with Crippen molar-refractivity contribution in [2.24, 2.45) is 0 Å². The fourth-order valence-electron chi connectivity index (χ4n) is 3.97. The fraction of sp³-hybridized carbons (Fsp3) is 0.448. The molecule has 0 fully saturated rings. The van der Waals surface area contributed by atoms with Gasteiger partial charge in [-0.05, 0) is 29.3 Å². The highest BCUT2D eigenvalue weighted by Gasteiger charge is 2.51. The van der Waals surface area contributed by atoms with Gasteiger partial charge in [-0.15, -0.1) is 6.58 Å². The zero-order valence-electron chi connectivity index (χ0n) is 21.5. The van der Waals surface area contributed by atoms with Gasteiger partial charge in [0.05, 0.1) is 12.2 Å². The Morgan fingerprint density at radius 1 is 0.941 bits per heavy atom. The van der Waals surface area contributed by atoms with Crippen LogP contribution in [0.4, 0.5) is 0 Å². The van der Waals surface area contributed by atoms with Gasteiger partial charge in [-0.25, -0.2) is 0 Å². The molecule has 0 aliphatic heterocycles. The molecule has 0 aliphatic rings. The van der Waals surface area contributed by atoms with E-state index in [0.717, 1.165) is 0 Å². The van der Waals surface area contributed by atoms with E-state index in [1.807, 2.05) is 26.0 Å². The third-order valence-corrected chi connectivity index (χ3v) is 11.0. The third-order valence-electron chi connectivity index (χ3n) is 5.96. The first-order valence-electron chi connectivity index (χ1n) is 11.8. The van der Waals surface area contributed by atoms with Crippen LogP contribution in [0.15, 0.2) is 73.3 Å². The first kappa shape index (κ1) is 28.0. The zero-order valence-corrected chi connectivity index (χ0v) is 22.5. The van der Waals surface area contributed by atoms with Crippen molar-refractivity contribution in [1.29, 1.82) is 0 Å². The quantitative estimate of drug-likeness (QED) is 0.220. The molecule has 0 saturated carbocycles. The average molecular weight is 481 g/mol. The maximum absolute atomic E-state index is 10.7. The minimum atomic E-state index is -2.72. The van der Waals surface area contributed by atoms with Crippen molar-refractivity contribution >= 4 is 18.7 Å². The van der Waals surface area contributed by atoms with Crippen LogP contribution in [0.5, 0.6) is 0 Å². The Kier molecular flexibility index (Phi) is 10.3. The van der Waals surface area contributed by atoms with E-state index in [-0.39, 0.29) is 17.7 Å². The first-order chi connectivity index (χ1) is 16.1. The van der Waals surface area contributed by atoms with Gasteiger partial charge < -0.3 is 19.0 Å². The maximum Gasteiger partial charge on any atom is 0.261 e. The van der Waals surface area contributed by atoms with Crippen molar-refractivity contribution in [3.8, 4) is 11.8 Å². The number of ether oxygens (including phenoxy) is 2. The summed E-state index contributed by atoms with van der Waals surface area (Å²) in [6.45, 7) is 14.7. The number of rotatable bonds is 11. The molecule has 2 aromatic rings. The maximum atomic E-state index is 10.7. The van der Waals surface area contributed by atoms with Crippen molar-refractivity contribution in [3.63, 3.8) is 0 Å². The lowest BCUT2D eigenvalue weighted by Crippen LogP contribution is -2.67. The highest BCUT2D eigenvalue weighted by molar-refractivity contribution is 6.99. The fourth-order valence-corrected chi connectivity index (χ4v) is 8.63. The summed E-state index contributed by atoms with van der Waals surface area (Å²) in [5.74, 6) is 5.28. The van der Waals surface area contributed by atoms with Crippen molar-refractivity contribution in [1.82, 2.24) is 0 Å². The van der Waals surface area contributed by atoms with E-state index >= 15 is 0 Å². The Morgan fingerprint density at radius 2 is 1.47 bits per heavy atom. The largest absolute Gasteiger partial charge is 0.401 e. The molecule has 0 saturated heterocycles. The second kappa shape index (κ2) is 12.5. The lowest BCUT2D eigenvalue weighted by molar-refractivity contribution is -0.188. The summed E-state index contributed by atoms with van der Waals surface area (Å²) in [7, 11) is -1.13. The van der Waals surface area contributed by atoms with Crippen molar-refractivity contribution in [2.75, 3.05) is 13.7 Å². The summed E-state index contributed by atoms with van der Waals surface area (Å²) in [4.78, 5) is 0. The standard InChI is InChI=1S/C29H40O4Si/c1-8-25(23-24(30)17-15-16-22-32-29(5,6)31-7)33-34(28(2,3)4,26-18-11-9-12-19-26)27-20-13-10-14-21-27/h8-14,18-21,24-25,30H,1,17,22-23H2,2-7H3/t24-,25-/m1/s1. The van der Waals surface area contributed by atoms with Gasteiger partial charge in [0.2, 0.25) is 0 Å². The summed E-state index contributed by atoms with van der Waals surface area (Å²) >= 11 is 0. The summed E-state index contributed by atoms with van der Waals surface area (Å²) in [6.07, 6.45) is 1.62. The van der Waals surface area contributed by atoms with Crippen LogP contribution in [0.1, 0.15) is 47.5 Å². The van der Waals surface area contributed by atoms with Crippen LogP contribution >= 0.6 is 0 Å². The molecule has 0 aliphatic carbocycles. The molecule has 2 atom stereocenters. The summed E-state index contributed by atoms with van der Waals surface area (Å²) in [5.41, 5.74) is 0. The van der Waals surface area contributed by atoms with Gasteiger partial charge in [0, 0.05) is 20.0 Å². The van der Waals surface area contributed by atoms with Crippen LogP contribution in [-0.2, 0) is 13.9 Å². The first-order valence-corrected chi connectivity index (χ1v) is 13.7. The smallest absolute Gasteiger partial charge is 0.261 e. The number of hydrogen-bond donors (Lipinski definition) is 1. The highest BCUT2D eigenvalue weighted by Crippen LogP contribution is 2.38. The van der Waals surface area contributed by atoms with Crippen LogP contribution < -0.4 is 10.4 Å². The van der Waals surface area contributed by atoms with Crippen LogP contribution in [-0.4, -0.2) is 45.1 Å². The third kappa shape index (κ3) is 7.40. The van der Waals surface area contributed by atoms with Gasteiger partial charge in [-0.3, -0.25) is 0 Å². The SMILES string of the molecule is C=C[C@H](C[C@H](O)CC#CCOC(C)(C)OC)O[Si](c1ccccc1)(c1ccccc1)C(C)(C)C. The summed E-state index contributed by atoms with van der Waals surface area (Å²) in [5, 5.41) is 13.0. The molecule has 2 aromatic carbocycles. The van der Waals surface area contributed by atoms with Crippen molar-refractivity contribution < 1.29 is 19.0 Å². The zero-order chi connectivity index (χ0) is 25.2. The molecule has 0 bridgehead atoms. The van der Waals surface area contributed by atoms with E-state index < -0.39 is 20.2 Å². The number of benzene rings is 2. The topological polar surface area (TPSA) is 47.9 Å². The van der Waals surface area contributed by atoms with Crippen LogP contribution in [0.25, 0.3) is 0 Å². The van der Waals surface area contributed by atoms with Gasteiger partial charge in [-0.2, -0.15) is 0 Å². The second-order valence-electron chi connectivity index (χ2n) is 9.90. The number of aliphatic hydroxyl groups is 1. The number of hydrogen-bond acceptors (Lipinski definition) is 4. The molecule has 184 valence electrons. The van der Waals surface area contributed by atoms with Gasteiger partial charge in [0.25, 0.3) is 8.32 Å². The van der Waals surface area contributed by atoms with E-state index in [0.29, 0.717) is 12.8 Å². The Labute approximate surface area is 207 Å². The van der Waals surface area contributed by atoms with E-state index in [9.17, 15) is 5.11 Å². The molecule has 4 nitrogen and oxygen atoms in total. The van der Waals surface area contributed by atoms with E-state index in [1.165, 1.54) is 10.4 Å². The molecule has 0 amide bonds. The minimum Gasteiger partial charge on any atom is -0.401 e. The molecule has 0 aromatic heterocycles. The predicted molar refractivity (Wildman–Crippen MR) is 143 cm³/mol. The summed E-state index contributed by atoms with van der Waals surface area (Å²) in [6, 6.07) is 21.0.